The van der Waals surface area contributed by atoms with Gasteiger partial charge in [-0.25, -0.2) is 14.8 Å². The quantitative estimate of drug-likeness (QED) is 0.737. The van der Waals surface area contributed by atoms with E-state index in [4.69, 9.17) is 4.74 Å². The number of aryl methyl sites for hydroxylation is 1. The predicted octanol–water partition coefficient (Wildman–Crippen LogP) is 3.98. The monoisotopic (exact) mass is 319 g/mol. The first-order chi connectivity index (χ1) is 11.7. The second-order valence-corrected chi connectivity index (χ2v) is 5.28. The molecule has 1 N–H and O–H groups in total. The van der Waals surface area contributed by atoms with Crippen LogP contribution in [0, 0.1) is 6.92 Å². The summed E-state index contributed by atoms with van der Waals surface area (Å²) in [5.41, 5.74) is 4.07. The molecular weight excluding hydrogens is 302 g/mol. The lowest BCUT2D eigenvalue weighted by Gasteiger charge is -2.10. The number of carbonyl (C=O) groups is 1. The Kier molecular flexibility index (Phi) is 4.52. The molecule has 2 aromatic carbocycles. The minimum absolute atomic E-state index is 0.378. The third-order valence-electron chi connectivity index (χ3n) is 3.63. The summed E-state index contributed by atoms with van der Waals surface area (Å²) in [6, 6.07) is 17.1. The smallest absolute Gasteiger partial charge is 0.337 e. The van der Waals surface area contributed by atoms with Gasteiger partial charge in [-0.15, -0.1) is 0 Å². The molecule has 0 spiro atoms. The summed E-state index contributed by atoms with van der Waals surface area (Å²) < 4.78 is 4.76. The maximum absolute atomic E-state index is 11.7. The topological polar surface area (TPSA) is 64.1 Å². The van der Waals surface area contributed by atoms with E-state index in [0.29, 0.717) is 11.5 Å². The number of benzene rings is 2. The van der Waals surface area contributed by atoms with E-state index < -0.39 is 0 Å². The van der Waals surface area contributed by atoms with Crippen LogP contribution in [-0.2, 0) is 4.74 Å². The van der Waals surface area contributed by atoms with Gasteiger partial charge in [-0.1, -0.05) is 36.4 Å². The van der Waals surface area contributed by atoms with E-state index in [1.54, 1.807) is 18.3 Å². The summed E-state index contributed by atoms with van der Waals surface area (Å²) in [5, 5.41) is 3.17. The molecule has 5 nitrogen and oxygen atoms in total. The molecule has 0 unspecified atom stereocenters. The van der Waals surface area contributed by atoms with Gasteiger partial charge in [0, 0.05) is 17.4 Å². The van der Waals surface area contributed by atoms with Crippen molar-refractivity contribution in [3.05, 3.63) is 71.9 Å². The Balaban J connectivity index is 1.90. The third-order valence-corrected chi connectivity index (χ3v) is 3.63. The molecular formula is C19H17N3O2. The number of carbonyl (C=O) groups excluding carboxylic acids is 1. The molecule has 0 radical (unpaired) electrons. The van der Waals surface area contributed by atoms with E-state index >= 15 is 0 Å². The van der Waals surface area contributed by atoms with Gasteiger partial charge in [0.2, 0.25) is 5.95 Å². The number of esters is 1. The Bertz CT molecular complexity index is 863. The van der Waals surface area contributed by atoms with E-state index in [-0.39, 0.29) is 5.97 Å². The van der Waals surface area contributed by atoms with Gasteiger partial charge < -0.3 is 10.1 Å². The first kappa shape index (κ1) is 15.7. The number of ether oxygens (including phenoxy) is 1. The molecule has 0 aliphatic carbocycles. The van der Waals surface area contributed by atoms with Crippen LogP contribution in [-0.4, -0.2) is 23.0 Å². The lowest BCUT2D eigenvalue weighted by molar-refractivity contribution is 0.0601. The summed E-state index contributed by atoms with van der Waals surface area (Å²) in [6.45, 7) is 1.95. The highest BCUT2D eigenvalue weighted by Crippen LogP contribution is 2.22. The van der Waals surface area contributed by atoms with Gasteiger partial charge in [0.1, 0.15) is 0 Å². The average molecular weight is 319 g/mol. The number of rotatable bonds is 4. The minimum atomic E-state index is -0.378. The third kappa shape index (κ3) is 3.41. The number of hydrogen-bond acceptors (Lipinski definition) is 5. The van der Waals surface area contributed by atoms with Crippen LogP contribution in [0.25, 0.3) is 11.3 Å². The average Bonchev–Trinajstić information content (AvgIpc) is 2.64. The van der Waals surface area contributed by atoms with Crippen molar-refractivity contribution >= 4 is 17.6 Å². The second kappa shape index (κ2) is 6.91. The second-order valence-electron chi connectivity index (χ2n) is 5.28. The van der Waals surface area contributed by atoms with Gasteiger partial charge in [0.05, 0.1) is 18.4 Å². The van der Waals surface area contributed by atoms with Crippen LogP contribution in [0.3, 0.4) is 0 Å². The summed E-state index contributed by atoms with van der Waals surface area (Å²) in [5.74, 6) is 0.0958. The Hall–Kier alpha value is -3.21. The highest BCUT2D eigenvalue weighted by Gasteiger charge is 2.09. The van der Waals surface area contributed by atoms with E-state index in [1.165, 1.54) is 7.11 Å². The number of anilines is 2. The number of nitrogens with zero attached hydrogens (tertiary/aromatic N) is 2. The molecule has 0 aliphatic heterocycles. The molecule has 3 aromatic rings. The summed E-state index contributed by atoms with van der Waals surface area (Å²) >= 11 is 0. The molecule has 0 atom stereocenters. The Morgan fingerprint density at radius 3 is 2.62 bits per heavy atom. The molecule has 0 aliphatic rings. The summed E-state index contributed by atoms with van der Waals surface area (Å²) in [4.78, 5) is 20.5. The number of methoxy groups -OCH3 is 1. The van der Waals surface area contributed by atoms with Crippen molar-refractivity contribution in [2.45, 2.75) is 6.92 Å². The fourth-order valence-electron chi connectivity index (χ4n) is 2.31. The standard InChI is InChI=1S/C19H17N3O2/c1-13-8-9-15(18(23)24-2)12-17(13)22-19-20-11-10-16(21-19)14-6-4-3-5-7-14/h3-12H,1-2H3,(H,20,21,22). The molecule has 0 saturated heterocycles. The first-order valence-electron chi connectivity index (χ1n) is 7.52. The molecule has 0 saturated carbocycles. The van der Waals surface area contributed by atoms with Crippen molar-refractivity contribution in [2.24, 2.45) is 0 Å². The summed E-state index contributed by atoms with van der Waals surface area (Å²) in [7, 11) is 1.36. The predicted molar refractivity (Wildman–Crippen MR) is 93.3 cm³/mol. The van der Waals surface area contributed by atoms with Crippen molar-refractivity contribution in [3.63, 3.8) is 0 Å². The zero-order valence-electron chi connectivity index (χ0n) is 13.5. The fourth-order valence-corrected chi connectivity index (χ4v) is 2.31. The molecule has 0 bridgehead atoms. The maximum Gasteiger partial charge on any atom is 0.337 e. The van der Waals surface area contributed by atoms with Crippen molar-refractivity contribution in [1.29, 1.82) is 0 Å². The number of nitrogens with one attached hydrogen (secondary N) is 1. The van der Waals surface area contributed by atoms with Crippen LogP contribution in [0.4, 0.5) is 11.6 Å². The fraction of sp³-hybridized carbons (Fsp3) is 0.105. The molecule has 0 fully saturated rings. The van der Waals surface area contributed by atoms with Gasteiger partial charge in [-0.05, 0) is 30.7 Å². The van der Waals surface area contributed by atoms with Crippen LogP contribution in [0.2, 0.25) is 0 Å². The molecule has 3 rings (SSSR count). The van der Waals surface area contributed by atoms with Gasteiger partial charge in [0.25, 0.3) is 0 Å². The first-order valence-corrected chi connectivity index (χ1v) is 7.52. The zero-order chi connectivity index (χ0) is 16.9. The SMILES string of the molecule is COC(=O)c1ccc(C)c(Nc2nccc(-c3ccccc3)n2)c1. The lowest BCUT2D eigenvalue weighted by Crippen LogP contribution is -2.04. The number of hydrogen-bond donors (Lipinski definition) is 1. The Morgan fingerprint density at radius 2 is 1.88 bits per heavy atom. The number of aromatic nitrogens is 2. The lowest BCUT2D eigenvalue weighted by atomic mass is 10.1. The van der Waals surface area contributed by atoms with Gasteiger partial charge in [0.15, 0.2) is 0 Å². The minimum Gasteiger partial charge on any atom is -0.465 e. The van der Waals surface area contributed by atoms with E-state index in [1.807, 2.05) is 49.4 Å². The van der Waals surface area contributed by atoms with Crippen LogP contribution < -0.4 is 5.32 Å². The normalized spacial score (nSPS) is 10.2. The molecule has 1 aromatic heterocycles. The Labute approximate surface area is 140 Å². The molecule has 24 heavy (non-hydrogen) atoms. The van der Waals surface area contributed by atoms with E-state index in [2.05, 4.69) is 15.3 Å². The van der Waals surface area contributed by atoms with Gasteiger partial charge in [-0.3, -0.25) is 0 Å². The maximum atomic E-state index is 11.7. The van der Waals surface area contributed by atoms with Crippen LogP contribution >= 0.6 is 0 Å². The van der Waals surface area contributed by atoms with Gasteiger partial charge >= 0.3 is 5.97 Å². The molecule has 1 heterocycles. The van der Waals surface area contributed by atoms with E-state index in [0.717, 1.165) is 22.5 Å². The van der Waals surface area contributed by atoms with Crippen LogP contribution in [0.5, 0.6) is 0 Å². The highest BCUT2D eigenvalue weighted by molar-refractivity contribution is 5.91. The molecule has 120 valence electrons. The van der Waals surface area contributed by atoms with Crippen LogP contribution in [0.1, 0.15) is 15.9 Å². The summed E-state index contributed by atoms with van der Waals surface area (Å²) in [6.07, 6.45) is 1.71. The molecule has 5 heteroatoms. The van der Waals surface area contributed by atoms with Crippen molar-refractivity contribution in [1.82, 2.24) is 9.97 Å². The zero-order valence-corrected chi connectivity index (χ0v) is 13.5. The van der Waals surface area contributed by atoms with E-state index in [9.17, 15) is 4.79 Å². The van der Waals surface area contributed by atoms with Gasteiger partial charge in [-0.2, -0.15) is 0 Å². The largest absolute Gasteiger partial charge is 0.465 e. The molecule has 0 amide bonds. The highest BCUT2D eigenvalue weighted by atomic mass is 16.5. The van der Waals surface area contributed by atoms with Crippen molar-refractivity contribution in [3.8, 4) is 11.3 Å². The van der Waals surface area contributed by atoms with Crippen molar-refractivity contribution in [2.75, 3.05) is 12.4 Å². The van der Waals surface area contributed by atoms with Crippen LogP contribution in [0.15, 0.2) is 60.8 Å². The van der Waals surface area contributed by atoms with Crippen molar-refractivity contribution < 1.29 is 9.53 Å². The Morgan fingerprint density at radius 1 is 1.08 bits per heavy atom.